The van der Waals surface area contributed by atoms with Gasteiger partial charge in [0.05, 0.1) is 11.5 Å². The Morgan fingerprint density at radius 1 is 1.50 bits per heavy atom. The second-order valence-electron chi connectivity index (χ2n) is 5.93. The van der Waals surface area contributed by atoms with Gasteiger partial charge in [0.15, 0.2) is 0 Å². The maximum Gasteiger partial charge on any atom is 0.251 e. The van der Waals surface area contributed by atoms with Crippen LogP contribution in [0.4, 0.5) is 0 Å². The molecule has 2 aliphatic rings. The number of amides is 1. The van der Waals surface area contributed by atoms with Crippen molar-refractivity contribution in [3.63, 3.8) is 0 Å². The topological polar surface area (TPSA) is 84.6 Å². The second kappa shape index (κ2) is 5.55. The standard InChI is InChI=1S/C13H24N2O3/c1-9(16)7-18-15-12(17)13(8-14)5-10-3-2-4-11(10)6-13/h9-11,16H,2-8,14H2,1H3,(H,15,17). The highest BCUT2D eigenvalue weighted by atomic mass is 16.7. The molecule has 0 aromatic carbocycles. The van der Waals surface area contributed by atoms with E-state index in [0.717, 1.165) is 12.8 Å². The summed E-state index contributed by atoms with van der Waals surface area (Å²) in [5.74, 6) is 1.21. The van der Waals surface area contributed by atoms with Crippen LogP contribution in [-0.4, -0.2) is 30.3 Å². The first-order valence-electron chi connectivity index (χ1n) is 6.88. The van der Waals surface area contributed by atoms with Crippen LogP contribution in [0.1, 0.15) is 39.0 Å². The largest absolute Gasteiger partial charge is 0.391 e. The normalized spacial score (nSPS) is 36.4. The number of hydrogen-bond acceptors (Lipinski definition) is 4. The molecule has 2 rings (SSSR count). The smallest absolute Gasteiger partial charge is 0.251 e. The molecule has 2 saturated carbocycles. The van der Waals surface area contributed by atoms with Gasteiger partial charge in [-0.05, 0) is 31.6 Å². The third-order valence-corrected chi connectivity index (χ3v) is 4.48. The van der Waals surface area contributed by atoms with Gasteiger partial charge in [0.2, 0.25) is 0 Å². The average molecular weight is 256 g/mol. The maximum atomic E-state index is 12.2. The molecule has 2 aliphatic carbocycles. The number of hydrogen-bond donors (Lipinski definition) is 3. The minimum Gasteiger partial charge on any atom is -0.391 e. The van der Waals surface area contributed by atoms with E-state index in [2.05, 4.69) is 5.48 Å². The first-order valence-corrected chi connectivity index (χ1v) is 6.88. The highest BCUT2D eigenvalue weighted by Gasteiger charge is 2.50. The van der Waals surface area contributed by atoms with Gasteiger partial charge in [-0.3, -0.25) is 9.63 Å². The fraction of sp³-hybridized carbons (Fsp3) is 0.923. The summed E-state index contributed by atoms with van der Waals surface area (Å²) in [6.45, 7) is 2.11. The quantitative estimate of drug-likeness (QED) is 0.628. The minimum absolute atomic E-state index is 0.110. The molecule has 2 fully saturated rings. The first kappa shape index (κ1) is 13.8. The number of aliphatic hydroxyl groups excluding tert-OH is 1. The van der Waals surface area contributed by atoms with E-state index < -0.39 is 11.5 Å². The van der Waals surface area contributed by atoms with Crippen LogP contribution in [0.25, 0.3) is 0 Å². The van der Waals surface area contributed by atoms with Gasteiger partial charge in [-0.15, -0.1) is 0 Å². The van der Waals surface area contributed by atoms with Crippen molar-refractivity contribution in [2.24, 2.45) is 23.0 Å². The molecular weight excluding hydrogens is 232 g/mol. The first-order chi connectivity index (χ1) is 8.57. The number of carbonyl (C=O) groups is 1. The zero-order chi connectivity index (χ0) is 13.2. The molecule has 5 heteroatoms. The van der Waals surface area contributed by atoms with Crippen LogP contribution in [0, 0.1) is 17.3 Å². The highest BCUT2D eigenvalue weighted by molar-refractivity contribution is 5.82. The Morgan fingerprint density at radius 2 is 2.11 bits per heavy atom. The summed E-state index contributed by atoms with van der Waals surface area (Å²) in [5.41, 5.74) is 7.85. The summed E-state index contributed by atoms with van der Waals surface area (Å²) in [6.07, 6.45) is 4.94. The van der Waals surface area contributed by atoms with E-state index in [1.165, 1.54) is 19.3 Å². The van der Waals surface area contributed by atoms with Crippen molar-refractivity contribution < 1.29 is 14.7 Å². The lowest BCUT2D eigenvalue weighted by Crippen LogP contribution is -2.45. The number of fused-ring (bicyclic) bond motifs is 1. The number of aliphatic hydroxyl groups is 1. The van der Waals surface area contributed by atoms with Crippen LogP contribution in [0.15, 0.2) is 0 Å². The zero-order valence-corrected chi connectivity index (χ0v) is 11.0. The summed E-state index contributed by atoms with van der Waals surface area (Å²) >= 11 is 0. The Hall–Kier alpha value is -0.650. The van der Waals surface area contributed by atoms with Gasteiger partial charge in [-0.25, -0.2) is 5.48 Å². The lowest BCUT2D eigenvalue weighted by Gasteiger charge is -2.26. The van der Waals surface area contributed by atoms with E-state index in [-0.39, 0.29) is 12.5 Å². The molecular formula is C13H24N2O3. The van der Waals surface area contributed by atoms with Crippen molar-refractivity contribution in [1.82, 2.24) is 5.48 Å². The van der Waals surface area contributed by atoms with Crippen LogP contribution in [0.3, 0.4) is 0 Å². The van der Waals surface area contributed by atoms with Crippen molar-refractivity contribution in [3.8, 4) is 0 Å². The third kappa shape index (κ3) is 2.68. The molecule has 104 valence electrons. The number of rotatable bonds is 5. The summed E-state index contributed by atoms with van der Waals surface area (Å²) in [5, 5.41) is 9.08. The monoisotopic (exact) mass is 256 g/mol. The molecule has 0 aromatic rings. The van der Waals surface area contributed by atoms with Crippen LogP contribution >= 0.6 is 0 Å². The number of nitrogens with two attached hydrogens (primary N) is 1. The SMILES string of the molecule is CC(O)CONC(=O)C1(CN)CC2CCCC2C1. The Bertz CT molecular complexity index is 295. The predicted molar refractivity (Wildman–Crippen MR) is 67.3 cm³/mol. The van der Waals surface area contributed by atoms with Crippen molar-refractivity contribution in [2.45, 2.75) is 45.1 Å². The van der Waals surface area contributed by atoms with Crippen LogP contribution in [0.5, 0.6) is 0 Å². The Balaban J connectivity index is 1.90. The molecule has 0 radical (unpaired) electrons. The van der Waals surface area contributed by atoms with Gasteiger partial charge in [-0.1, -0.05) is 19.3 Å². The lowest BCUT2D eigenvalue weighted by molar-refractivity contribution is -0.146. The van der Waals surface area contributed by atoms with E-state index in [0.29, 0.717) is 18.4 Å². The number of hydroxylamine groups is 1. The van der Waals surface area contributed by atoms with Gasteiger partial charge in [0.25, 0.3) is 5.91 Å². The fourth-order valence-corrected chi connectivity index (χ4v) is 3.52. The van der Waals surface area contributed by atoms with Crippen molar-refractivity contribution in [3.05, 3.63) is 0 Å². The molecule has 0 spiro atoms. The zero-order valence-electron chi connectivity index (χ0n) is 11.0. The molecule has 18 heavy (non-hydrogen) atoms. The molecule has 1 amide bonds. The maximum absolute atomic E-state index is 12.2. The lowest BCUT2D eigenvalue weighted by atomic mass is 9.83. The molecule has 4 N–H and O–H groups in total. The Labute approximate surface area is 108 Å². The molecule has 3 unspecified atom stereocenters. The van der Waals surface area contributed by atoms with Crippen LogP contribution < -0.4 is 11.2 Å². The van der Waals surface area contributed by atoms with Crippen molar-refractivity contribution in [2.75, 3.05) is 13.2 Å². The molecule has 5 nitrogen and oxygen atoms in total. The minimum atomic E-state index is -0.581. The van der Waals surface area contributed by atoms with Gasteiger partial charge in [0, 0.05) is 6.54 Å². The summed E-state index contributed by atoms with van der Waals surface area (Å²) in [6, 6.07) is 0. The van der Waals surface area contributed by atoms with Gasteiger partial charge in [0.1, 0.15) is 6.61 Å². The second-order valence-corrected chi connectivity index (χ2v) is 5.93. The van der Waals surface area contributed by atoms with Crippen LogP contribution in [-0.2, 0) is 9.63 Å². The molecule has 0 saturated heterocycles. The van der Waals surface area contributed by atoms with E-state index in [1.54, 1.807) is 6.92 Å². The Morgan fingerprint density at radius 3 is 2.61 bits per heavy atom. The van der Waals surface area contributed by atoms with Gasteiger partial charge in [-0.2, -0.15) is 0 Å². The van der Waals surface area contributed by atoms with E-state index in [9.17, 15) is 4.79 Å². The molecule has 0 heterocycles. The highest BCUT2D eigenvalue weighted by Crippen LogP contribution is 2.52. The molecule has 0 aliphatic heterocycles. The van der Waals surface area contributed by atoms with E-state index >= 15 is 0 Å². The summed E-state index contributed by atoms with van der Waals surface area (Å²) < 4.78 is 0. The summed E-state index contributed by atoms with van der Waals surface area (Å²) in [4.78, 5) is 17.2. The third-order valence-electron chi connectivity index (χ3n) is 4.48. The molecule has 0 bridgehead atoms. The Kier molecular flexibility index (Phi) is 4.25. The predicted octanol–water partition coefficient (Wildman–Crippen LogP) is 0.570. The van der Waals surface area contributed by atoms with Gasteiger partial charge < -0.3 is 10.8 Å². The van der Waals surface area contributed by atoms with Crippen molar-refractivity contribution >= 4 is 5.91 Å². The van der Waals surface area contributed by atoms with E-state index in [4.69, 9.17) is 15.7 Å². The number of nitrogens with one attached hydrogen (secondary N) is 1. The average Bonchev–Trinajstić information content (AvgIpc) is 2.86. The van der Waals surface area contributed by atoms with Crippen LogP contribution in [0.2, 0.25) is 0 Å². The fourth-order valence-electron chi connectivity index (χ4n) is 3.52. The number of carbonyl (C=O) groups excluding carboxylic acids is 1. The van der Waals surface area contributed by atoms with E-state index in [1.807, 2.05) is 0 Å². The van der Waals surface area contributed by atoms with Gasteiger partial charge >= 0.3 is 0 Å². The summed E-state index contributed by atoms with van der Waals surface area (Å²) in [7, 11) is 0. The van der Waals surface area contributed by atoms with Crippen molar-refractivity contribution in [1.29, 1.82) is 0 Å². The molecule has 0 aromatic heterocycles. The molecule has 3 atom stereocenters.